The second-order valence-electron chi connectivity index (χ2n) is 0.755. The van der Waals surface area contributed by atoms with Gasteiger partial charge in [-0.1, -0.05) is 6.58 Å². The fourth-order valence-corrected chi connectivity index (χ4v) is 0.0264. The molecule has 0 radical (unpaired) electrons. The minimum absolute atomic E-state index is 0. The van der Waals surface area contributed by atoms with Crippen LogP contribution in [-0.4, -0.2) is 35.8 Å². The van der Waals surface area contributed by atoms with Crippen LogP contribution in [0.3, 0.4) is 0 Å². The van der Waals surface area contributed by atoms with E-state index < -0.39 is 0 Å². The summed E-state index contributed by atoms with van der Waals surface area (Å²) in [5, 5.41) is 7.75. The molecule has 0 heterocycles. The number of nitriles is 1. The molecule has 0 aliphatic heterocycles. The SMILES string of the molecule is C=C(C#N)C=O.[NaH]. The van der Waals surface area contributed by atoms with Crippen molar-refractivity contribution >= 4 is 35.8 Å². The molecular formula is C4H4NNaO. The van der Waals surface area contributed by atoms with Gasteiger partial charge in [0.1, 0.15) is 6.07 Å². The van der Waals surface area contributed by atoms with E-state index >= 15 is 0 Å². The van der Waals surface area contributed by atoms with Gasteiger partial charge in [0.05, 0.1) is 5.57 Å². The Labute approximate surface area is 64.1 Å². The third-order valence-corrected chi connectivity index (χ3v) is 0.286. The summed E-state index contributed by atoms with van der Waals surface area (Å²) in [5.41, 5.74) is -0.0324. The average Bonchev–Trinajstić information content (AvgIpc) is 1.65. The standard InChI is InChI=1S/C4H3NO.Na.H/c1-4(2-5)3-6;;/h3H,1H2;;. The van der Waals surface area contributed by atoms with Gasteiger partial charge in [0.15, 0.2) is 6.29 Å². The van der Waals surface area contributed by atoms with E-state index in [-0.39, 0.29) is 35.1 Å². The third kappa shape index (κ3) is 5.90. The van der Waals surface area contributed by atoms with E-state index in [2.05, 4.69) is 6.58 Å². The second kappa shape index (κ2) is 5.90. The van der Waals surface area contributed by atoms with Crippen molar-refractivity contribution in [1.29, 1.82) is 5.26 Å². The predicted octanol–water partition coefficient (Wildman–Crippen LogP) is -0.383. The summed E-state index contributed by atoms with van der Waals surface area (Å²) in [6.07, 6.45) is 0.417. The fourth-order valence-electron chi connectivity index (χ4n) is 0.0264. The van der Waals surface area contributed by atoms with Gasteiger partial charge in [-0.25, -0.2) is 0 Å². The van der Waals surface area contributed by atoms with Gasteiger partial charge in [-0.15, -0.1) is 0 Å². The molecule has 7 heavy (non-hydrogen) atoms. The summed E-state index contributed by atoms with van der Waals surface area (Å²) in [6, 6.07) is 1.55. The number of carbonyl (C=O) groups excluding carboxylic acids is 1. The average molecular weight is 105 g/mol. The topological polar surface area (TPSA) is 40.9 Å². The first-order chi connectivity index (χ1) is 2.81. The molecule has 0 aromatic rings. The molecule has 0 unspecified atom stereocenters. The number of allylic oxidation sites excluding steroid dienone is 1. The predicted molar refractivity (Wildman–Crippen MR) is 28.0 cm³/mol. The van der Waals surface area contributed by atoms with Gasteiger partial charge < -0.3 is 0 Å². The normalized spacial score (nSPS) is 5.00. The molecule has 0 aliphatic carbocycles. The Kier molecular flexibility index (Phi) is 8.43. The molecule has 2 nitrogen and oxygen atoms in total. The van der Waals surface area contributed by atoms with E-state index in [9.17, 15) is 4.79 Å². The molecule has 0 saturated heterocycles. The van der Waals surface area contributed by atoms with Crippen molar-refractivity contribution in [3.05, 3.63) is 12.2 Å². The van der Waals surface area contributed by atoms with Gasteiger partial charge >= 0.3 is 29.6 Å². The Hall–Kier alpha value is -0.100. The Morgan fingerprint density at radius 3 is 2.29 bits per heavy atom. The summed E-state index contributed by atoms with van der Waals surface area (Å²) in [6.45, 7) is 3.06. The number of hydrogen-bond donors (Lipinski definition) is 0. The van der Waals surface area contributed by atoms with Crippen LogP contribution >= 0.6 is 0 Å². The molecule has 0 rings (SSSR count). The maximum atomic E-state index is 9.41. The molecule has 0 atom stereocenters. The molecule has 0 amide bonds. The zero-order valence-corrected chi connectivity index (χ0v) is 3.14. The molecule has 3 heteroatoms. The van der Waals surface area contributed by atoms with Gasteiger partial charge in [0.2, 0.25) is 0 Å². The monoisotopic (exact) mass is 105 g/mol. The molecule has 0 N–H and O–H groups in total. The Morgan fingerprint density at radius 1 is 1.86 bits per heavy atom. The van der Waals surface area contributed by atoms with Gasteiger partial charge in [0, 0.05) is 0 Å². The van der Waals surface area contributed by atoms with Crippen LogP contribution in [0.4, 0.5) is 0 Å². The quantitative estimate of drug-likeness (QED) is 0.197. The third-order valence-electron chi connectivity index (χ3n) is 0.286. The Bertz CT molecular complexity index is 113. The number of aldehydes is 1. The van der Waals surface area contributed by atoms with Crippen LogP contribution in [0, 0.1) is 11.3 Å². The number of hydrogen-bond acceptors (Lipinski definition) is 2. The molecule has 0 bridgehead atoms. The first kappa shape index (κ1) is 10.0. The Balaban J connectivity index is 0. The van der Waals surface area contributed by atoms with Gasteiger partial charge in [-0.3, -0.25) is 4.79 Å². The molecule has 0 aliphatic rings. The summed E-state index contributed by atoms with van der Waals surface area (Å²) >= 11 is 0. The molecule has 0 aromatic carbocycles. The van der Waals surface area contributed by atoms with E-state index in [1.54, 1.807) is 6.07 Å². The molecular weight excluding hydrogens is 101 g/mol. The van der Waals surface area contributed by atoms with Crippen molar-refractivity contribution in [2.24, 2.45) is 0 Å². The second-order valence-corrected chi connectivity index (χ2v) is 0.755. The summed E-state index contributed by atoms with van der Waals surface area (Å²) < 4.78 is 0. The van der Waals surface area contributed by atoms with Crippen LogP contribution in [0.1, 0.15) is 0 Å². The van der Waals surface area contributed by atoms with Crippen molar-refractivity contribution in [2.45, 2.75) is 0 Å². The van der Waals surface area contributed by atoms with Crippen LogP contribution in [-0.2, 0) is 4.79 Å². The van der Waals surface area contributed by atoms with Crippen molar-refractivity contribution in [3.63, 3.8) is 0 Å². The van der Waals surface area contributed by atoms with Gasteiger partial charge in [0.25, 0.3) is 0 Å². The Morgan fingerprint density at radius 2 is 2.29 bits per heavy atom. The van der Waals surface area contributed by atoms with Crippen molar-refractivity contribution in [1.82, 2.24) is 0 Å². The number of rotatable bonds is 1. The first-order valence-corrected chi connectivity index (χ1v) is 1.35. The molecule has 0 fully saturated rings. The molecule has 0 spiro atoms. The zero-order valence-electron chi connectivity index (χ0n) is 3.14. The fraction of sp³-hybridized carbons (Fsp3) is 0. The van der Waals surface area contributed by atoms with Crippen molar-refractivity contribution in [3.8, 4) is 6.07 Å². The van der Waals surface area contributed by atoms with E-state index in [0.717, 1.165) is 0 Å². The molecule has 0 aromatic heterocycles. The molecule has 0 saturated carbocycles. The van der Waals surface area contributed by atoms with Crippen LogP contribution in [0.5, 0.6) is 0 Å². The van der Waals surface area contributed by atoms with Crippen LogP contribution < -0.4 is 0 Å². The van der Waals surface area contributed by atoms with E-state index in [1.165, 1.54) is 0 Å². The van der Waals surface area contributed by atoms with Crippen LogP contribution in [0.2, 0.25) is 0 Å². The zero-order chi connectivity index (χ0) is 4.99. The van der Waals surface area contributed by atoms with E-state index in [0.29, 0.717) is 6.29 Å². The number of carbonyl (C=O) groups is 1. The summed E-state index contributed by atoms with van der Waals surface area (Å²) in [4.78, 5) is 9.41. The summed E-state index contributed by atoms with van der Waals surface area (Å²) in [7, 11) is 0. The van der Waals surface area contributed by atoms with Gasteiger partial charge in [-0.2, -0.15) is 5.26 Å². The van der Waals surface area contributed by atoms with Crippen LogP contribution in [0.25, 0.3) is 0 Å². The van der Waals surface area contributed by atoms with Crippen molar-refractivity contribution in [2.75, 3.05) is 0 Å². The van der Waals surface area contributed by atoms with Crippen LogP contribution in [0.15, 0.2) is 12.2 Å². The minimum atomic E-state index is -0.0324. The number of nitrogens with zero attached hydrogens (tertiary/aromatic N) is 1. The maximum absolute atomic E-state index is 9.41. The van der Waals surface area contributed by atoms with Gasteiger partial charge in [-0.05, 0) is 0 Å². The van der Waals surface area contributed by atoms with E-state index in [1.807, 2.05) is 0 Å². The summed E-state index contributed by atoms with van der Waals surface area (Å²) in [5.74, 6) is 0. The molecule has 32 valence electrons. The first-order valence-electron chi connectivity index (χ1n) is 1.35. The van der Waals surface area contributed by atoms with Crippen molar-refractivity contribution < 1.29 is 4.79 Å². The van der Waals surface area contributed by atoms with E-state index in [4.69, 9.17) is 5.26 Å².